The van der Waals surface area contributed by atoms with E-state index in [0.717, 1.165) is 19.4 Å². The summed E-state index contributed by atoms with van der Waals surface area (Å²) in [5.41, 5.74) is 1.18. The number of amides is 1. The number of rotatable bonds is 10. The lowest BCUT2D eigenvalue weighted by atomic mass is 9.85. The second-order valence-corrected chi connectivity index (χ2v) is 8.58. The van der Waals surface area contributed by atoms with Gasteiger partial charge in [-0.1, -0.05) is 26.0 Å². The number of hydrogen-bond donors (Lipinski definition) is 2. The fourth-order valence-corrected chi connectivity index (χ4v) is 3.68. The highest BCUT2D eigenvalue weighted by molar-refractivity contribution is 5.81. The molecule has 2 aliphatic rings. The lowest BCUT2D eigenvalue weighted by molar-refractivity contribution is -0.140. The van der Waals surface area contributed by atoms with E-state index in [1.165, 1.54) is 18.4 Å². The molecule has 6 nitrogen and oxygen atoms in total. The number of carboxylic acids is 1. The molecular formula is C22H32N2O4. The van der Waals surface area contributed by atoms with Crippen molar-refractivity contribution in [2.75, 3.05) is 13.1 Å². The first kappa shape index (κ1) is 20.6. The topological polar surface area (TPSA) is 78.9 Å². The van der Waals surface area contributed by atoms with Crippen molar-refractivity contribution in [2.45, 2.75) is 70.6 Å². The molecule has 0 spiro atoms. The van der Waals surface area contributed by atoms with E-state index in [9.17, 15) is 9.59 Å². The highest BCUT2D eigenvalue weighted by atomic mass is 16.5. The fourth-order valence-electron chi connectivity index (χ4n) is 3.68. The summed E-state index contributed by atoms with van der Waals surface area (Å²) in [6.07, 6.45) is 3.46. The van der Waals surface area contributed by atoms with E-state index in [2.05, 4.69) is 30.1 Å². The number of hydrogen-bond acceptors (Lipinski definition) is 4. The molecule has 28 heavy (non-hydrogen) atoms. The van der Waals surface area contributed by atoms with Crippen LogP contribution in [0, 0.1) is 5.92 Å². The van der Waals surface area contributed by atoms with Gasteiger partial charge in [-0.2, -0.15) is 0 Å². The Bertz CT molecular complexity index is 696. The third-order valence-corrected chi connectivity index (χ3v) is 5.71. The van der Waals surface area contributed by atoms with Crippen molar-refractivity contribution >= 4 is 11.9 Å². The lowest BCUT2D eigenvalue weighted by Crippen LogP contribution is -2.56. The van der Waals surface area contributed by atoms with Crippen molar-refractivity contribution in [1.82, 2.24) is 10.2 Å². The van der Waals surface area contributed by atoms with Gasteiger partial charge in [-0.25, -0.2) is 0 Å². The number of nitrogens with zero attached hydrogens (tertiary/aromatic N) is 1. The zero-order chi connectivity index (χ0) is 20.3. The smallest absolute Gasteiger partial charge is 0.317 e. The number of carboxylic acid groups (broad SMARTS) is 1. The Morgan fingerprint density at radius 1 is 1.25 bits per heavy atom. The summed E-state index contributed by atoms with van der Waals surface area (Å²) in [5, 5.41) is 12.2. The van der Waals surface area contributed by atoms with E-state index in [0.29, 0.717) is 17.6 Å². The van der Waals surface area contributed by atoms with Gasteiger partial charge in [0.1, 0.15) is 5.75 Å². The van der Waals surface area contributed by atoms with E-state index in [1.807, 2.05) is 18.2 Å². The van der Waals surface area contributed by atoms with Crippen LogP contribution in [0.3, 0.4) is 0 Å². The molecule has 1 amide bonds. The third kappa shape index (κ3) is 5.71. The molecule has 2 fully saturated rings. The number of carbonyl (C=O) groups excluding carboxylic acids is 1. The number of aliphatic carboxylic acids is 1. The average molecular weight is 389 g/mol. The van der Waals surface area contributed by atoms with E-state index < -0.39 is 12.1 Å². The molecule has 2 saturated carbocycles. The molecule has 0 radical (unpaired) electrons. The van der Waals surface area contributed by atoms with Gasteiger partial charge in [-0.3, -0.25) is 14.5 Å². The number of ether oxygens (including phenoxy) is 1. The lowest BCUT2D eigenvalue weighted by Gasteiger charge is -2.43. The first-order valence-electron chi connectivity index (χ1n) is 10.3. The molecule has 0 aliphatic heterocycles. The van der Waals surface area contributed by atoms with Gasteiger partial charge in [0.2, 0.25) is 0 Å². The van der Waals surface area contributed by atoms with Crippen molar-refractivity contribution < 1.29 is 19.4 Å². The minimum Gasteiger partial charge on any atom is -0.481 e. The molecule has 2 aliphatic carbocycles. The maximum absolute atomic E-state index is 12.5. The van der Waals surface area contributed by atoms with Crippen LogP contribution >= 0.6 is 0 Å². The van der Waals surface area contributed by atoms with Crippen LogP contribution in [0.15, 0.2) is 24.3 Å². The van der Waals surface area contributed by atoms with Gasteiger partial charge in [0.05, 0.1) is 6.54 Å². The quantitative estimate of drug-likeness (QED) is 0.644. The Balaban J connectivity index is 1.45. The Kier molecular flexibility index (Phi) is 6.60. The van der Waals surface area contributed by atoms with Crippen molar-refractivity contribution in [1.29, 1.82) is 0 Å². The normalized spacial score (nSPS) is 22.6. The Morgan fingerprint density at radius 3 is 2.57 bits per heavy atom. The van der Waals surface area contributed by atoms with Crippen LogP contribution in [0.25, 0.3) is 0 Å². The van der Waals surface area contributed by atoms with Gasteiger partial charge >= 0.3 is 5.97 Å². The summed E-state index contributed by atoms with van der Waals surface area (Å²) >= 11 is 0. The molecule has 0 bridgehead atoms. The van der Waals surface area contributed by atoms with Gasteiger partial charge in [-0.05, 0) is 62.1 Å². The summed E-state index contributed by atoms with van der Waals surface area (Å²) in [6, 6.07) is 8.21. The van der Waals surface area contributed by atoms with Gasteiger partial charge in [0.25, 0.3) is 5.91 Å². The van der Waals surface area contributed by atoms with E-state index in [4.69, 9.17) is 9.84 Å². The molecule has 1 unspecified atom stereocenters. The summed E-state index contributed by atoms with van der Waals surface area (Å²) in [4.78, 5) is 25.7. The van der Waals surface area contributed by atoms with Crippen LogP contribution in [0.2, 0.25) is 0 Å². The second kappa shape index (κ2) is 8.95. The second-order valence-electron chi connectivity index (χ2n) is 8.58. The predicted octanol–water partition coefficient (Wildman–Crippen LogP) is 3.02. The molecule has 0 heterocycles. The van der Waals surface area contributed by atoms with E-state index >= 15 is 0 Å². The predicted molar refractivity (Wildman–Crippen MR) is 108 cm³/mol. The Labute approximate surface area is 167 Å². The molecule has 154 valence electrons. The first-order valence-corrected chi connectivity index (χ1v) is 10.3. The van der Waals surface area contributed by atoms with Crippen molar-refractivity contribution in [3.63, 3.8) is 0 Å². The van der Waals surface area contributed by atoms with Crippen molar-refractivity contribution in [3.8, 4) is 5.75 Å². The monoisotopic (exact) mass is 388 g/mol. The Hall–Kier alpha value is -2.08. The highest BCUT2D eigenvalue weighted by Gasteiger charge is 2.38. The molecule has 0 saturated heterocycles. The van der Waals surface area contributed by atoms with Gasteiger partial charge in [0.15, 0.2) is 6.10 Å². The zero-order valence-corrected chi connectivity index (χ0v) is 17.1. The minimum absolute atomic E-state index is 0.0908. The molecule has 0 aromatic heterocycles. The first-order chi connectivity index (χ1) is 13.3. The molecule has 6 heteroatoms. The third-order valence-electron chi connectivity index (χ3n) is 5.71. The molecule has 3 rings (SSSR count). The summed E-state index contributed by atoms with van der Waals surface area (Å²) in [5.74, 6) is 0.869. The number of carbonyl (C=O) groups is 2. The molecule has 1 aromatic carbocycles. The van der Waals surface area contributed by atoms with Gasteiger partial charge < -0.3 is 15.2 Å². The van der Waals surface area contributed by atoms with Crippen LogP contribution < -0.4 is 10.1 Å². The minimum atomic E-state index is -0.779. The van der Waals surface area contributed by atoms with Crippen LogP contribution in [0.1, 0.15) is 57.9 Å². The summed E-state index contributed by atoms with van der Waals surface area (Å²) < 4.78 is 5.82. The van der Waals surface area contributed by atoms with Crippen molar-refractivity contribution in [3.05, 3.63) is 29.8 Å². The number of nitrogens with one attached hydrogen (secondary N) is 1. The summed E-state index contributed by atoms with van der Waals surface area (Å²) in [6.45, 7) is 6.96. The number of benzene rings is 1. The van der Waals surface area contributed by atoms with Crippen molar-refractivity contribution in [2.24, 2.45) is 5.92 Å². The fraction of sp³-hybridized carbons (Fsp3) is 0.636. The van der Waals surface area contributed by atoms with E-state index in [1.54, 1.807) is 6.92 Å². The van der Waals surface area contributed by atoms with Crippen LogP contribution in [-0.4, -0.2) is 53.2 Å². The maximum atomic E-state index is 12.5. The molecule has 1 atom stereocenters. The highest BCUT2D eigenvalue weighted by Crippen LogP contribution is 2.33. The molecule has 2 N–H and O–H groups in total. The van der Waals surface area contributed by atoms with Gasteiger partial charge in [0, 0.05) is 18.6 Å². The van der Waals surface area contributed by atoms with Crippen LogP contribution in [0.5, 0.6) is 5.75 Å². The Morgan fingerprint density at radius 2 is 1.96 bits per heavy atom. The van der Waals surface area contributed by atoms with Gasteiger partial charge in [-0.15, -0.1) is 0 Å². The largest absolute Gasteiger partial charge is 0.481 e. The molecular weight excluding hydrogens is 356 g/mol. The standard InChI is InChI=1S/C22H32N2O4/c1-14(2)17-5-4-6-20(9-17)28-15(3)22(27)23-18-10-19(11-18)24(13-21(25)26)12-16-7-8-16/h4-6,9,14-16,18-19H,7-8,10-13H2,1-3H3,(H,23,27)(H,25,26). The molecule has 1 aromatic rings. The van der Waals surface area contributed by atoms with Crippen LogP contribution in [-0.2, 0) is 9.59 Å². The zero-order valence-electron chi connectivity index (χ0n) is 17.1. The van der Waals surface area contributed by atoms with Crippen LogP contribution in [0.4, 0.5) is 0 Å². The SMILES string of the molecule is CC(Oc1cccc(C(C)C)c1)C(=O)NC1CC(N(CC(=O)O)CC2CC2)C1. The summed E-state index contributed by atoms with van der Waals surface area (Å²) in [7, 11) is 0. The maximum Gasteiger partial charge on any atom is 0.317 e. The van der Waals surface area contributed by atoms with E-state index in [-0.39, 0.29) is 24.5 Å². The average Bonchev–Trinajstić information content (AvgIpc) is 3.40.